The number of pyridine rings is 2. The lowest BCUT2D eigenvalue weighted by Gasteiger charge is -2.10. The van der Waals surface area contributed by atoms with E-state index < -0.39 is 0 Å². The minimum Gasteiger partial charge on any atom is -0.493 e. The molecule has 0 atom stereocenters. The summed E-state index contributed by atoms with van der Waals surface area (Å²) in [5.41, 5.74) is 2.78. The van der Waals surface area contributed by atoms with Gasteiger partial charge in [0.05, 0.1) is 25.4 Å². The van der Waals surface area contributed by atoms with Crippen molar-refractivity contribution < 1.29 is 9.47 Å². The van der Waals surface area contributed by atoms with Crippen molar-refractivity contribution in [3.05, 3.63) is 48.8 Å². The molecule has 3 aromatic rings. The van der Waals surface area contributed by atoms with E-state index >= 15 is 0 Å². The molecule has 0 aliphatic rings. The molecule has 0 N–H and O–H groups in total. The summed E-state index contributed by atoms with van der Waals surface area (Å²) in [4.78, 5) is 8.82. The first-order chi connectivity index (χ1) is 9.83. The smallest absolute Gasteiger partial charge is 0.161 e. The second kappa shape index (κ2) is 5.17. The molecule has 0 bridgehead atoms. The first kappa shape index (κ1) is 12.4. The molecule has 1 aromatic carbocycles. The van der Waals surface area contributed by atoms with Crippen LogP contribution in [0.3, 0.4) is 0 Å². The number of aromatic nitrogens is 2. The Bertz CT molecular complexity index is 751. The molecule has 0 aliphatic heterocycles. The summed E-state index contributed by atoms with van der Waals surface area (Å²) in [7, 11) is 3.25. The minimum atomic E-state index is 0.688. The van der Waals surface area contributed by atoms with Gasteiger partial charge in [0.2, 0.25) is 0 Å². The summed E-state index contributed by atoms with van der Waals surface area (Å²) in [5, 5.41) is 1.02. The molecular formula is C16H14N2O2. The Labute approximate surface area is 117 Å². The number of benzene rings is 1. The van der Waals surface area contributed by atoms with Gasteiger partial charge in [-0.1, -0.05) is 0 Å². The van der Waals surface area contributed by atoms with Gasteiger partial charge in [-0.05, 0) is 36.4 Å². The Morgan fingerprint density at radius 1 is 0.850 bits per heavy atom. The Kier molecular flexibility index (Phi) is 3.21. The van der Waals surface area contributed by atoms with E-state index in [9.17, 15) is 0 Å². The first-order valence-electron chi connectivity index (χ1n) is 6.25. The number of ether oxygens (including phenoxy) is 2. The summed E-state index contributed by atoms with van der Waals surface area (Å²) in [6.07, 6.45) is 3.54. The largest absolute Gasteiger partial charge is 0.493 e. The van der Waals surface area contributed by atoms with Crippen molar-refractivity contribution in [2.24, 2.45) is 0 Å². The van der Waals surface area contributed by atoms with Crippen LogP contribution < -0.4 is 9.47 Å². The van der Waals surface area contributed by atoms with Crippen molar-refractivity contribution in [2.45, 2.75) is 0 Å². The first-order valence-corrected chi connectivity index (χ1v) is 6.25. The molecule has 0 amide bonds. The van der Waals surface area contributed by atoms with E-state index in [2.05, 4.69) is 9.97 Å². The molecule has 3 rings (SSSR count). The normalized spacial score (nSPS) is 10.5. The van der Waals surface area contributed by atoms with E-state index in [1.54, 1.807) is 26.6 Å². The summed E-state index contributed by atoms with van der Waals surface area (Å²) < 4.78 is 10.6. The quantitative estimate of drug-likeness (QED) is 0.729. The van der Waals surface area contributed by atoms with Crippen LogP contribution in [0.25, 0.3) is 22.2 Å². The van der Waals surface area contributed by atoms with Crippen LogP contribution in [0.15, 0.2) is 48.8 Å². The standard InChI is InChI=1S/C16H14N2O2/c1-19-14-6-5-11(10-15(14)20-2)16-12-4-3-8-17-13(12)7-9-18-16/h3-10H,1-2H3. The number of nitrogens with zero attached hydrogens (tertiary/aromatic N) is 2. The topological polar surface area (TPSA) is 44.2 Å². The predicted molar refractivity (Wildman–Crippen MR) is 78.1 cm³/mol. The van der Waals surface area contributed by atoms with Crippen LogP contribution in [0, 0.1) is 0 Å². The average Bonchev–Trinajstić information content (AvgIpc) is 2.53. The molecule has 4 nitrogen and oxygen atoms in total. The third-order valence-corrected chi connectivity index (χ3v) is 3.19. The van der Waals surface area contributed by atoms with Crippen LogP contribution >= 0.6 is 0 Å². The van der Waals surface area contributed by atoms with E-state index in [1.165, 1.54) is 0 Å². The number of hydrogen-bond donors (Lipinski definition) is 0. The van der Waals surface area contributed by atoms with Gasteiger partial charge < -0.3 is 9.47 Å². The second-order valence-electron chi connectivity index (χ2n) is 4.30. The Morgan fingerprint density at radius 3 is 2.50 bits per heavy atom. The molecule has 0 saturated heterocycles. The summed E-state index contributed by atoms with van der Waals surface area (Å²) >= 11 is 0. The Hall–Kier alpha value is -2.62. The fraction of sp³-hybridized carbons (Fsp3) is 0.125. The highest BCUT2D eigenvalue weighted by atomic mass is 16.5. The molecule has 0 unspecified atom stereocenters. The number of fused-ring (bicyclic) bond motifs is 1. The molecule has 2 heterocycles. The molecule has 0 aliphatic carbocycles. The van der Waals surface area contributed by atoms with Gasteiger partial charge in [-0.2, -0.15) is 0 Å². The Balaban J connectivity index is 2.21. The zero-order valence-electron chi connectivity index (χ0n) is 11.3. The van der Waals surface area contributed by atoms with Crippen LogP contribution in [-0.2, 0) is 0 Å². The molecular weight excluding hydrogens is 252 g/mol. The van der Waals surface area contributed by atoms with Crippen LogP contribution in [0.5, 0.6) is 11.5 Å². The fourth-order valence-corrected chi connectivity index (χ4v) is 2.22. The van der Waals surface area contributed by atoms with Gasteiger partial charge >= 0.3 is 0 Å². The van der Waals surface area contributed by atoms with E-state index in [-0.39, 0.29) is 0 Å². The lowest BCUT2D eigenvalue weighted by molar-refractivity contribution is 0.355. The van der Waals surface area contributed by atoms with Gasteiger partial charge in [-0.25, -0.2) is 0 Å². The van der Waals surface area contributed by atoms with Crippen LogP contribution in [0.2, 0.25) is 0 Å². The molecule has 2 aromatic heterocycles. The van der Waals surface area contributed by atoms with Crippen molar-refractivity contribution in [3.63, 3.8) is 0 Å². The van der Waals surface area contributed by atoms with Crippen molar-refractivity contribution in [1.82, 2.24) is 9.97 Å². The van der Waals surface area contributed by atoms with Gasteiger partial charge in [0.15, 0.2) is 11.5 Å². The SMILES string of the molecule is COc1ccc(-c2nccc3ncccc23)cc1OC. The van der Waals surface area contributed by atoms with E-state index in [0.717, 1.165) is 22.2 Å². The summed E-state index contributed by atoms with van der Waals surface area (Å²) in [5.74, 6) is 1.39. The van der Waals surface area contributed by atoms with Crippen molar-refractivity contribution >= 4 is 10.9 Å². The highest BCUT2D eigenvalue weighted by molar-refractivity contribution is 5.92. The zero-order chi connectivity index (χ0) is 13.9. The molecule has 0 fully saturated rings. The van der Waals surface area contributed by atoms with Crippen molar-refractivity contribution in [1.29, 1.82) is 0 Å². The minimum absolute atomic E-state index is 0.688. The van der Waals surface area contributed by atoms with Crippen LogP contribution in [0.1, 0.15) is 0 Å². The third kappa shape index (κ3) is 2.05. The lowest BCUT2D eigenvalue weighted by Crippen LogP contribution is -1.92. The van der Waals surface area contributed by atoms with Crippen molar-refractivity contribution in [2.75, 3.05) is 14.2 Å². The summed E-state index contributed by atoms with van der Waals surface area (Å²) in [6, 6.07) is 11.6. The van der Waals surface area contributed by atoms with Gasteiger partial charge in [0.25, 0.3) is 0 Å². The Morgan fingerprint density at radius 2 is 1.70 bits per heavy atom. The molecule has 4 heteroatoms. The summed E-state index contributed by atoms with van der Waals surface area (Å²) in [6.45, 7) is 0. The molecule has 0 radical (unpaired) electrons. The number of rotatable bonds is 3. The van der Waals surface area contributed by atoms with Gasteiger partial charge in [-0.15, -0.1) is 0 Å². The van der Waals surface area contributed by atoms with Crippen LogP contribution in [-0.4, -0.2) is 24.2 Å². The average molecular weight is 266 g/mol. The molecule has 0 saturated carbocycles. The van der Waals surface area contributed by atoms with E-state index in [4.69, 9.17) is 9.47 Å². The molecule has 20 heavy (non-hydrogen) atoms. The van der Waals surface area contributed by atoms with E-state index in [1.807, 2.05) is 36.4 Å². The maximum atomic E-state index is 5.34. The van der Waals surface area contributed by atoms with Gasteiger partial charge in [-0.3, -0.25) is 9.97 Å². The maximum Gasteiger partial charge on any atom is 0.161 e. The van der Waals surface area contributed by atoms with Crippen molar-refractivity contribution in [3.8, 4) is 22.8 Å². The third-order valence-electron chi connectivity index (χ3n) is 3.19. The highest BCUT2D eigenvalue weighted by Crippen LogP contribution is 2.33. The number of methoxy groups -OCH3 is 2. The predicted octanol–water partition coefficient (Wildman–Crippen LogP) is 3.31. The number of hydrogen-bond acceptors (Lipinski definition) is 4. The van der Waals surface area contributed by atoms with Gasteiger partial charge in [0, 0.05) is 23.3 Å². The highest BCUT2D eigenvalue weighted by Gasteiger charge is 2.09. The molecule has 100 valence electrons. The van der Waals surface area contributed by atoms with Gasteiger partial charge in [0.1, 0.15) is 0 Å². The molecule has 0 spiro atoms. The van der Waals surface area contributed by atoms with E-state index in [0.29, 0.717) is 11.5 Å². The second-order valence-corrected chi connectivity index (χ2v) is 4.30. The monoisotopic (exact) mass is 266 g/mol. The lowest BCUT2D eigenvalue weighted by atomic mass is 10.1. The maximum absolute atomic E-state index is 5.34. The zero-order valence-corrected chi connectivity index (χ0v) is 11.3. The fourth-order valence-electron chi connectivity index (χ4n) is 2.22. The van der Waals surface area contributed by atoms with Crippen LogP contribution in [0.4, 0.5) is 0 Å².